The Kier molecular flexibility index (Phi) is 3.12. The van der Waals surface area contributed by atoms with Crippen LogP contribution in [0.1, 0.15) is 35.7 Å². The highest BCUT2D eigenvalue weighted by Gasteiger charge is 2.31. The van der Waals surface area contributed by atoms with Crippen LogP contribution in [-0.2, 0) is 13.0 Å². The second-order valence-corrected chi connectivity index (χ2v) is 7.79. The minimum atomic E-state index is 0.163. The zero-order valence-corrected chi connectivity index (χ0v) is 15.3. The molecule has 3 heterocycles. The number of nitrogens with zero attached hydrogens (tertiary/aromatic N) is 5. The SMILES string of the molecule is Nc1cc2c(cc1O)CCN(c1nn3c(C4CC4)nnc3c3ccccc13)C2. The van der Waals surface area contributed by atoms with Crippen molar-refractivity contribution < 1.29 is 5.11 Å². The van der Waals surface area contributed by atoms with Gasteiger partial charge in [0.05, 0.1) is 5.69 Å². The molecule has 2 aliphatic rings. The first-order valence-electron chi connectivity index (χ1n) is 9.68. The lowest BCUT2D eigenvalue weighted by atomic mass is 9.98. The molecule has 3 N–H and O–H groups in total. The molecule has 0 radical (unpaired) electrons. The van der Waals surface area contributed by atoms with Gasteiger partial charge in [0.1, 0.15) is 5.75 Å². The van der Waals surface area contributed by atoms with E-state index in [2.05, 4.69) is 27.2 Å². The monoisotopic (exact) mass is 372 g/mol. The van der Waals surface area contributed by atoms with Crippen molar-refractivity contribution in [2.24, 2.45) is 0 Å². The molecular weight excluding hydrogens is 352 g/mol. The third-order valence-electron chi connectivity index (χ3n) is 5.87. The van der Waals surface area contributed by atoms with Crippen LogP contribution in [0.4, 0.5) is 11.5 Å². The molecule has 4 aromatic rings. The Hall–Kier alpha value is -3.35. The van der Waals surface area contributed by atoms with Crippen molar-refractivity contribution in [2.45, 2.75) is 31.7 Å². The molecule has 0 amide bonds. The predicted octanol–water partition coefficient (Wildman–Crippen LogP) is 3.01. The second-order valence-electron chi connectivity index (χ2n) is 7.79. The van der Waals surface area contributed by atoms with Gasteiger partial charge < -0.3 is 15.7 Å². The van der Waals surface area contributed by atoms with Crippen LogP contribution in [0.15, 0.2) is 36.4 Å². The van der Waals surface area contributed by atoms with Crippen molar-refractivity contribution in [2.75, 3.05) is 17.2 Å². The maximum atomic E-state index is 9.91. The Morgan fingerprint density at radius 3 is 2.68 bits per heavy atom. The number of benzene rings is 2. The number of phenolic OH excluding ortho intramolecular Hbond substituents is 1. The molecule has 28 heavy (non-hydrogen) atoms. The van der Waals surface area contributed by atoms with Crippen molar-refractivity contribution in [3.63, 3.8) is 0 Å². The molecule has 0 atom stereocenters. The van der Waals surface area contributed by atoms with Gasteiger partial charge in [-0.2, -0.15) is 4.52 Å². The summed E-state index contributed by atoms with van der Waals surface area (Å²) in [6.07, 6.45) is 3.16. The van der Waals surface area contributed by atoms with Crippen LogP contribution in [0.25, 0.3) is 16.4 Å². The summed E-state index contributed by atoms with van der Waals surface area (Å²) in [5.74, 6) is 2.55. The molecule has 1 fully saturated rings. The van der Waals surface area contributed by atoms with E-state index in [0.29, 0.717) is 18.2 Å². The average molecular weight is 372 g/mol. The molecule has 0 spiro atoms. The van der Waals surface area contributed by atoms with Crippen molar-refractivity contribution in [3.05, 3.63) is 53.3 Å². The van der Waals surface area contributed by atoms with Gasteiger partial charge in [0.2, 0.25) is 0 Å². The van der Waals surface area contributed by atoms with Crippen LogP contribution < -0.4 is 10.6 Å². The first-order valence-corrected chi connectivity index (χ1v) is 9.68. The van der Waals surface area contributed by atoms with Gasteiger partial charge in [0.25, 0.3) is 0 Å². The van der Waals surface area contributed by atoms with Gasteiger partial charge in [-0.25, -0.2) is 0 Å². The van der Waals surface area contributed by atoms with Gasteiger partial charge in [-0.1, -0.05) is 24.3 Å². The Bertz CT molecular complexity index is 1240. The molecule has 7 heteroatoms. The van der Waals surface area contributed by atoms with Crippen molar-refractivity contribution >= 4 is 27.9 Å². The first kappa shape index (κ1) is 15.7. The number of aromatic hydroxyl groups is 1. The number of phenols is 1. The molecule has 0 saturated heterocycles. The van der Waals surface area contributed by atoms with Crippen LogP contribution in [0, 0.1) is 0 Å². The first-order chi connectivity index (χ1) is 13.7. The van der Waals surface area contributed by atoms with E-state index in [1.807, 2.05) is 22.7 Å². The largest absolute Gasteiger partial charge is 0.506 e. The quantitative estimate of drug-likeness (QED) is 0.415. The topological polar surface area (TPSA) is 92.6 Å². The highest BCUT2D eigenvalue weighted by molar-refractivity contribution is 6.00. The van der Waals surface area contributed by atoms with E-state index < -0.39 is 0 Å². The fraction of sp³-hybridized carbons (Fsp3) is 0.286. The van der Waals surface area contributed by atoms with Gasteiger partial charge >= 0.3 is 0 Å². The second kappa shape index (κ2) is 5.58. The summed E-state index contributed by atoms with van der Waals surface area (Å²) in [5.41, 5.74) is 9.47. The highest BCUT2D eigenvalue weighted by Crippen LogP contribution is 2.40. The van der Waals surface area contributed by atoms with Gasteiger partial charge in [0.15, 0.2) is 17.3 Å². The number of hydrogen-bond acceptors (Lipinski definition) is 6. The zero-order chi connectivity index (χ0) is 18.8. The van der Waals surface area contributed by atoms with Crippen LogP contribution in [0.5, 0.6) is 5.75 Å². The number of aromatic nitrogens is 4. The zero-order valence-electron chi connectivity index (χ0n) is 15.3. The third kappa shape index (κ3) is 2.25. The summed E-state index contributed by atoms with van der Waals surface area (Å²) in [7, 11) is 0. The maximum absolute atomic E-state index is 9.91. The van der Waals surface area contributed by atoms with Gasteiger partial charge in [0, 0.05) is 29.8 Å². The molecule has 2 aromatic carbocycles. The Balaban J connectivity index is 1.53. The van der Waals surface area contributed by atoms with Crippen LogP contribution in [0.3, 0.4) is 0 Å². The van der Waals surface area contributed by atoms with Gasteiger partial charge in [-0.3, -0.25) is 0 Å². The third-order valence-corrected chi connectivity index (χ3v) is 5.87. The van der Waals surface area contributed by atoms with E-state index in [0.717, 1.165) is 65.0 Å². The lowest BCUT2D eigenvalue weighted by molar-refractivity contribution is 0.476. The molecule has 1 aliphatic carbocycles. The van der Waals surface area contributed by atoms with E-state index in [-0.39, 0.29) is 5.75 Å². The number of hydrogen-bond donors (Lipinski definition) is 2. The molecule has 7 nitrogen and oxygen atoms in total. The number of rotatable bonds is 2. The molecule has 2 aromatic heterocycles. The molecule has 0 unspecified atom stereocenters. The molecule has 6 rings (SSSR count). The van der Waals surface area contributed by atoms with E-state index in [1.165, 1.54) is 0 Å². The highest BCUT2D eigenvalue weighted by atomic mass is 16.3. The predicted molar refractivity (Wildman–Crippen MR) is 108 cm³/mol. The molecule has 140 valence electrons. The van der Waals surface area contributed by atoms with Crippen molar-refractivity contribution in [3.8, 4) is 5.75 Å². The van der Waals surface area contributed by atoms with Gasteiger partial charge in [-0.15, -0.1) is 15.3 Å². The summed E-state index contributed by atoms with van der Waals surface area (Å²) in [5, 5.41) is 25.9. The van der Waals surface area contributed by atoms with Crippen LogP contribution in [-0.4, -0.2) is 31.5 Å². The van der Waals surface area contributed by atoms with Gasteiger partial charge in [-0.05, 0) is 42.5 Å². The van der Waals surface area contributed by atoms with Crippen LogP contribution >= 0.6 is 0 Å². The van der Waals surface area contributed by atoms with Crippen molar-refractivity contribution in [1.29, 1.82) is 0 Å². The molecule has 1 aliphatic heterocycles. The minimum Gasteiger partial charge on any atom is -0.506 e. The Labute approximate surface area is 161 Å². The summed E-state index contributed by atoms with van der Waals surface area (Å²) in [6, 6.07) is 11.9. The molecule has 1 saturated carbocycles. The number of anilines is 2. The summed E-state index contributed by atoms with van der Waals surface area (Å²) in [4.78, 5) is 2.29. The number of nitrogen functional groups attached to an aromatic ring is 1. The maximum Gasteiger partial charge on any atom is 0.185 e. The fourth-order valence-corrected chi connectivity index (χ4v) is 4.21. The van der Waals surface area contributed by atoms with E-state index >= 15 is 0 Å². The fourth-order valence-electron chi connectivity index (χ4n) is 4.21. The average Bonchev–Trinajstić information content (AvgIpc) is 3.46. The Morgan fingerprint density at radius 2 is 1.86 bits per heavy atom. The smallest absolute Gasteiger partial charge is 0.185 e. The van der Waals surface area contributed by atoms with Crippen LogP contribution in [0.2, 0.25) is 0 Å². The summed E-state index contributed by atoms with van der Waals surface area (Å²) >= 11 is 0. The van der Waals surface area contributed by atoms with Crippen molar-refractivity contribution in [1.82, 2.24) is 19.8 Å². The number of nitrogens with two attached hydrogens (primary N) is 1. The van der Waals surface area contributed by atoms with E-state index in [1.54, 1.807) is 6.07 Å². The minimum absolute atomic E-state index is 0.163. The molecule has 0 bridgehead atoms. The normalized spacial score (nSPS) is 16.6. The van der Waals surface area contributed by atoms with E-state index in [9.17, 15) is 5.11 Å². The summed E-state index contributed by atoms with van der Waals surface area (Å²) < 4.78 is 1.94. The van der Waals surface area contributed by atoms with E-state index in [4.69, 9.17) is 10.8 Å². The number of fused-ring (bicyclic) bond motifs is 4. The summed E-state index contributed by atoms with van der Waals surface area (Å²) in [6.45, 7) is 1.54. The standard InChI is InChI=1S/C21H20N6O/c22-17-9-14-11-26(8-7-13(14)10-18(17)28)21-16-4-2-1-3-15(16)20-24-23-19(12-5-6-12)27(20)25-21/h1-4,9-10,12,28H,5-8,11,22H2. The Morgan fingerprint density at radius 1 is 1.04 bits per heavy atom. The lowest BCUT2D eigenvalue weighted by Crippen LogP contribution is -2.31. The lowest BCUT2D eigenvalue weighted by Gasteiger charge is -2.31. The molecular formula is C21H20N6O.